The first-order chi connectivity index (χ1) is 12.5. The number of amides is 1. The number of benzene rings is 1. The summed E-state index contributed by atoms with van der Waals surface area (Å²) in [6, 6.07) is 7.04. The van der Waals surface area contributed by atoms with Gasteiger partial charge in [-0.1, -0.05) is 24.4 Å². The SMILES string of the molecule is O=C(Cc1csc(COc2ccc(Cl)cc2)n1)NC1(C(=O)O)CCCC1. The summed E-state index contributed by atoms with van der Waals surface area (Å²) >= 11 is 7.23. The maximum Gasteiger partial charge on any atom is 0.329 e. The van der Waals surface area contributed by atoms with Crippen molar-refractivity contribution in [1.29, 1.82) is 0 Å². The van der Waals surface area contributed by atoms with Crippen LogP contribution in [0.25, 0.3) is 0 Å². The number of nitrogens with zero attached hydrogens (tertiary/aromatic N) is 1. The molecule has 0 spiro atoms. The molecule has 1 fully saturated rings. The summed E-state index contributed by atoms with van der Waals surface area (Å²) in [6.07, 6.45) is 2.65. The highest BCUT2D eigenvalue weighted by molar-refractivity contribution is 7.09. The Bertz CT molecular complexity index is 785. The molecule has 1 saturated carbocycles. The second-order valence-corrected chi connectivity index (χ2v) is 7.67. The van der Waals surface area contributed by atoms with Gasteiger partial charge in [0.2, 0.25) is 5.91 Å². The molecule has 6 nitrogen and oxygen atoms in total. The highest BCUT2D eigenvalue weighted by atomic mass is 35.5. The number of thiazole rings is 1. The maximum absolute atomic E-state index is 12.2. The monoisotopic (exact) mass is 394 g/mol. The van der Waals surface area contributed by atoms with Crippen LogP contribution < -0.4 is 10.1 Å². The van der Waals surface area contributed by atoms with Crippen molar-refractivity contribution in [3.05, 3.63) is 45.4 Å². The van der Waals surface area contributed by atoms with E-state index < -0.39 is 11.5 Å². The molecule has 1 aliphatic carbocycles. The topological polar surface area (TPSA) is 88.5 Å². The van der Waals surface area contributed by atoms with E-state index in [9.17, 15) is 14.7 Å². The molecule has 1 aromatic heterocycles. The van der Waals surface area contributed by atoms with Crippen LogP contribution in [0.4, 0.5) is 0 Å². The van der Waals surface area contributed by atoms with Crippen LogP contribution in [0, 0.1) is 0 Å². The third kappa shape index (κ3) is 4.53. The van der Waals surface area contributed by atoms with Crippen molar-refractivity contribution in [3.8, 4) is 5.75 Å². The molecule has 0 unspecified atom stereocenters. The molecular formula is C18H19ClN2O4S. The van der Waals surface area contributed by atoms with E-state index in [2.05, 4.69) is 10.3 Å². The lowest BCUT2D eigenvalue weighted by Gasteiger charge is -2.25. The standard InChI is InChI=1S/C18H19ClN2O4S/c19-12-3-5-14(6-4-12)25-10-16-20-13(11-26-16)9-15(22)21-18(17(23)24)7-1-2-8-18/h3-6,11H,1-2,7-10H2,(H,21,22)(H,23,24). The quantitative estimate of drug-likeness (QED) is 0.751. The van der Waals surface area contributed by atoms with Crippen LogP contribution in [0.1, 0.15) is 36.4 Å². The lowest BCUT2D eigenvalue weighted by Crippen LogP contribution is -2.52. The van der Waals surface area contributed by atoms with Gasteiger partial charge in [-0.3, -0.25) is 4.79 Å². The van der Waals surface area contributed by atoms with E-state index in [4.69, 9.17) is 16.3 Å². The van der Waals surface area contributed by atoms with Gasteiger partial charge in [0.25, 0.3) is 0 Å². The molecule has 26 heavy (non-hydrogen) atoms. The Morgan fingerprint density at radius 1 is 1.27 bits per heavy atom. The van der Waals surface area contributed by atoms with Gasteiger partial charge < -0.3 is 15.2 Å². The highest BCUT2D eigenvalue weighted by Crippen LogP contribution is 2.30. The van der Waals surface area contributed by atoms with Crippen molar-refractivity contribution in [3.63, 3.8) is 0 Å². The third-order valence-electron chi connectivity index (χ3n) is 4.36. The van der Waals surface area contributed by atoms with Crippen LogP contribution in [0.2, 0.25) is 5.02 Å². The number of carbonyl (C=O) groups is 2. The number of aliphatic carboxylic acids is 1. The Morgan fingerprint density at radius 2 is 1.96 bits per heavy atom. The zero-order chi connectivity index (χ0) is 18.6. The summed E-state index contributed by atoms with van der Waals surface area (Å²) in [6.45, 7) is 0.299. The molecular weight excluding hydrogens is 376 g/mol. The van der Waals surface area contributed by atoms with Gasteiger partial charge in [0, 0.05) is 10.4 Å². The number of hydrogen-bond donors (Lipinski definition) is 2. The fourth-order valence-corrected chi connectivity index (χ4v) is 3.85. The van der Waals surface area contributed by atoms with Crippen LogP contribution in [0.15, 0.2) is 29.6 Å². The van der Waals surface area contributed by atoms with Gasteiger partial charge in [-0.25, -0.2) is 9.78 Å². The molecule has 2 N–H and O–H groups in total. The van der Waals surface area contributed by atoms with E-state index in [1.807, 2.05) is 0 Å². The number of halogens is 1. The Balaban J connectivity index is 1.53. The average Bonchev–Trinajstić information content (AvgIpc) is 3.25. The molecule has 3 rings (SSSR count). The second-order valence-electron chi connectivity index (χ2n) is 6.29. The van der Waals surface area contributed by atoms with Gasteiger partial charge in [-0.15, -0.1) is 11.3 Å². The number of ether oxygens (including phenoxy) is 1. The number of nitrogens with one attached hydrogen (secondary N) is 1. The third-order valence-corrected chi connectivity index (χ3v) is 5.49. The molecule has 0 bridgehead atoms. The highest BCUT2D eigenvalue weighted by Gasteiger charge is 2.42. The number of carbonyl (C=O) groups excluding carboxylic acids is 1. The van der Waals surface area contributed by atoms with E-state index in [0.717, 1.165) is 17.8 Å². The normalized spacial score (nSPS) is 15.6. The molecule has 1 aromatic carbocycles. The summed E-state index contributed by atoms with van der Waals surface area (Å²) in [5, 5.41) is 15.3. The Kier molecular flexibility index (Phi) is 5.78. The molecule has 1 amide bonds. The van der Waals surface area contributed by atoms with Crippen LogP contribution in [0.5, 0.6) is 5.75 Å². The predicted octanol–water partition coefficient (Wildman–Crippen LogP) is 3.43. The fourth-order valence-electron chi connectivity index (χ4n) is 3.02. The fraction of sp³-hybridized carbons (Fsp3) is 0.389. The summed E-state index contributed by atoms with van der Waals surface area (Å²) < 4.78 is 5.63. The average molecular weight is 395 g/mol. The van der Waals surface area contributed by atoms with Crippen molar-refractivity contribution in [2.24, 2.45) is 0 Å². The molecule has 138 valence electrons. The number of carboxylic acid groups (broad SMARTS) is 1. The summed E-state index contributed by atoms with van der Waals surface area (Å²) in [5.74, 6) is -0.586. The van der Waals surface area contributed by atoms with Crippen LogP contribution >= 0.6 is 22.9 Å². The summed E-state index contributed by atoms with van der Waals surface area (Å²) in [4.78, 5) is 28.1. The van der Waals surface area contributed by atoms with Gasteiger partial charge in [0.05, 0.1) is 12.1 Å². The van der Waals surface area contributed by atoms with Gasteiger partial charge in [-0.05, 0) is 37.1 Å². The number of carboxylic acids is 1. The Morgan fingerprint density at radius 3 is 2.62 bits per heavy atom. The van der Waals surface area contributed by atoms with Crippen molar-refractivity contribution >= 4 is 34.8 Å². The minimum Gasteiger partial charge on any atom is -0.486 e. The number of aromatic nitrogens is 1. The Labute approximate surface area is 160 Å². The van der Waals surface area contributed by atoms with Crippen molar-refractivity contribution < 1.29 is 19.4 Å². The predicted molar refractivity (Wildman–Crippen MR) is 98.6 cm³/mol. The number of rotatable bonds is 7. The van der Waals surface area contributed by atoms with Crippen LogP contribution in [0.3, 0.4) is 0 Å². The zero-order valence-corrected chi connectivity index (χ0v) is 15.6. The van der Waals surface area contributed by atoms with Gasteiger partial charge >= 0.3 is 5.97 Å². The van der Waals surface area contributed by atoms with Gasteiger partial charge in [-0.2, -0.15) is 0 Å². The summed E-state index contributed by atoms with van der Waals surface area (Å²) in [7, 11) is 0. The van der Waals surface area contributed by atoms with E-state index >= 15 is 0 Å². The molecule has 2 aromatic rings. The van der Waals surface area contributed by atoms with Gasteiger partial charge in [0.1, 0.15) is 22.9 Å². The largest absolute Gasteiger partial charge is 0.486 e. The molecule has 0 radical (unpaired) electrons. The van der Waals surface area contributed by atoms with E-state index in [-0.39, 0.29) is 12.3 Å². The first-order valence-corrected chi connectivity index (χ1v) is 9.59. The molecule has 0 saturated heterocycles. The van der Waals surface area contributed by atoms with Crippen molar-refractivity contribution in [1.82, 2.24) is 10.3 Å². The second kappa shape index (κ2) is 8.05. The first kappa shape index (κ1) is 18.7. The van der Waals surface area contributed by atoms with Crippen molar-refractivity contribution in [2.75, 3.05) is 0 Å². The lowest BCUT2D eigenvalue weighted by molar-refractivity contribution is -0.147. The summed E-state index contributed by atoms with van der Waals surface area (Å²) in [5.41, 5.74) is -0.506. The first-order valence-electron chi connectivity index (χ1n) is 8.33. The lowest BCUT2D eigenvalue weighted by atomic mass is 9.97. The minimum atomic E-state index is -1.12. The number of hydrogen-bond acceptors (Lipinski definition) is 5. The smallest absolute Gasteiger partial charge is 0.329 e. The Hall–Kier alpha value is -2.12. The molecule has 0 aliphatic heterocycles. The molecule has 8 heteroatoms. The van der Waals surface area contributed by atoms with Crippen molar-refractivity contribution in [2.45, 2.75) is 44.2 Å². The van der Waals surface area contributed by atoms with E-state index in [1.54, 1.807) is 29.6 Å². The zero-order valence-electron chi connectivity index (χ0n) is 14.0. The minimum absolute atomic E-state index is 0.0620. The van der Waals surface area contributed by atoms with E-state index in [1.165, 1.54) is 11.3 Å². The van der Waals surface area contributed by atoms with E-state index in [0.29, 0.717) is 35.9 Å². The van der Waals surface area contributed by atoms with Crippen LogP contribution in [-0.4, -0.2) is 27.5 Å². The maximum atomic E-state index is 12.2. The molecule has 0 atom stereocenters. The molecule has 1 aliphatic rings. The van der Waals surface area contributed by atoms with Crippen LogP contribution in [-0.2, 0) is 22.6 Å². The molecule has 1 heterocycles. The van der Waals surface area contributed by atoms with Gasteiger partial charge in [0.15, 0.2) is 0 Å².